The van der Waals surface area contributed by atoms with E-state index in [9.17, 15) is 9.59 Å². The highest BCUT2D eigenvalue weighted by Crippen LogP contribution is 2.33. The molecule has 1 aliphatic rings. The number of nitrogens with one attached hydrogen (secondary N) is 1. The minimum absolute atomic E-state index is 0.0368. The molecule has 2 rings (SSSR count). The van der Waals surface area contributed by atoms with E-state index in [0.717, 1.165) is 5.56 Å². The van der Waals surface area contributed by atoms with Gasteiger partial charge in [0.1, 0.15) is 11.8 Å². The zero-order chi connectivity index (χ0) is 15.2. The van der Waals surface area contributed by atoms with Crippen LogP contribution in [0.15, 0.2) is 24.3 Å². The lowest BCUT2D eigenvalue weighted by Crippen LogP contribution is -2.33. The van der Waals surface area contributed by atoms with Crippen molar-refractivity contribution in [3.8, 4) is 5.75 Å². The molecule has 0 spiro atoms. The lowest BCUT2D eigenvalue weighted by molar-refractivity contribution is -0.145. The van der Waals surface area contributed by atoms with Crippen molar-refractivity contribution in [1.29, 1.82) is 0 Å². The number of hydrogen-bond acceptors (Lipinski definition) is 6. The molecule has 0 radical (unpaired) electrons. The Balaban J connectivity index is 1.88. The molecule has 0 aliphatic carbocycles. The van der Waals surface area contributed by atoms with Gasteiger partial charge in [0.05, 0.1) is 12.0 Å². The number of hydrogen-bond donors (Lipinski definition) is 2. The van der Waals surface area contributed by atoms with Crippen molar-refractivity contribution in [1.82, 2.24) is 5.32 Å². The van der Waals surface area contributed by atoms with Gasteiger partial charge in [-0.3, -0.25) is 10.1 Å². The number of benzene rings is 1. The van der Waals surface area contributed by atoms with Crippen molar-refractivity contribution in [3.63, 3.8) is 0 Å². The number of rotatable bonds is 6. The van der Waals surface area contributed by atoms with Crippen molar-refractivity contribution in [3.05, 3.63) is 29.8 Å². The first kappa shape index (κ1) is 15.7. The number of aliphatic carboxylic acids is 1. The van der Waals surface area contributed by atoms with Crippen LogP contribution < -0.4 is 10.1 Å². The number of ether oxygens (including phenoxy) is 2. The molecule has 1 saturated heterocycles. The second-order valence-electron chi connectivity index (χ2n) is 4.43. The van der Waals surface area contributed by atoms with E-state index in [1.807, 2.05) is 12.1 Å². The Labute approximate surface area is 126 Å². The van der Waals surface area contributed by atoms with Gasteiger partial charge in [0, 0.05) is 5.75 Å². The van der Waals surface area contributed by atoms with Crippen LogP contribution in [0.2, 0.25) is 0 Å². The molecule has 0 bridgehead atoms. The maximum atomic E-state index is 11.2. The van der Waals surface area contributed by atoms with Crippen molar-refractivity contribution in [2.75, 3.05) is 19.0 Å². The molecule has 2 N–H and O–H groups in total. The fraction of sp³-hybridized carbons (Fsp3) is 0.429. The maximum absolute atomic E-state index is 11.2. The Kier molecular flexibility index (Phi) is 5.46. The van der Waals surface area contributed by atoms with E-state index in [-0.39, 0.29) is 12.0 Å². The Morgan fingerprint density at radius 2 is 2.10 bits per heavy atom. The van der Waals surface area contributed by atoms with Crippen LogP contribution in [-0.2, 0) is 14.3 Å². The lowest BCUT2D eigenvalue weighted by atomic mass is 10.2. The minimum atomic E-state index is -0.834. The lowest BCUT2D eigenvalue weighted by Gasteiger charge is -2.12. The van der Waals surface area contributed by atoms with Gasteiger partial charge in [-0.1, -0.05) is 12.1 Å². The minimum Gasteiger partial charge on any atom is -0.482 e. The number of esters is 1. The molecule has 114 valence electrons. The standard InChI is InChI=1S/C14H17NO5S/c1-2-19-12(16)7-20-10-5-3-9(4-6-10)13-15-11(8-21-13)14(17)18/h3-6,11,13,15H,2,7-8H2,1H3,(H,17,18). The average molecular weight is 311 g/mol. The summed E-state index contributed by atoms with van der Waals surface area (Å²) in [5.41, 5.74) is 0.979. The largest absolute Gasteiger partial charge is 0.482 e. The highest BCUT2D eigenvalue weighted by molar-refractivity contribution is 7.99. The van der Waals surface area contributed by atoms with E-state index in [1.165, 1.54) is 0 Å². The zero-order valence-corrected chi connectivity index (χ0v) is 12.4. The molecule has 1 fully saturated rings. The molecule has 7 heteroatoms. The van der Waals surface area contributed by atoms with Crippen LogP contribution in [0.3, 0.4) is 0 Å². The number of thioether (sulfide) groups is 1. The van der Waals surface area contributed by atoms with Gasteiger partial charge in [-0.2, -0.15) is 0 Å². The van der Waals surface area contributed by atoms with Gasteiger partial charge in [-0.15, -0.1) is 11.8 Å². The topological polar surface area (TPSA) is 84.9 Å². The number of carbonyl (C=O) groups excluding carboxylic acids is 1. The van der Waals surface area contributed by atoms with E-state index >= 15 is 0 Å². The summed E-state index contributed by atoms with van der Waals surface area (Å²) in [6.07, 6.45) is 0. The molecule has 2 atom stereocenters. The summed E-state index contributed by atoms with van der Waals surface area (Å²) in [4.78, 5) is 22.1. The zero-order valence-electron chi connectivity index (χ0n) is 11.6. The molecule has 6 nitrogen and oxygen atoms in total. The summed E-state index contributed by atoms with van der Waals surface area (Å²) in [5.74, 6) is -0.121. The number of carbonyl (C=O) groups is 2. The third-order valence-corrected chi connectivity index (χ3v) is 4.19. The van der Waals surface area contributed by atoms with E-state index in [0.29, 0.717) is 18.1 Å². The number of carboxylic acid groups (broad SMARTS) is 1. The summed E-state index contributed by atoms with van der Waals surface area (Å²) < 4.78 is 10.1. The van der Waals surface area contributed by atoms with E-state index < -0.39 is 18.0 Å². The predicted octanol–water partition coefficient (Wildman–Crippen LogP) is 1.42. The second kappa shape index (κ2) is 7.33. The normalized spacial score (nSPS) is 21.0. The molecule has 2 unspecified atom stereocenters. The average Bonchev–Trinajstić information content (AvgIpc) is 2.96. The summed E-state index contributed by atoms with van der Waals surface area (Å²) >= 11 is 1.56. The maximum Gasteiger partial charge on any atom is 0.344 e. The van der Waals surface area contributed by atoms with Crippen molar-refractivity contribution in [2.45, 2.75) is 18.3 Å². The Morgan fingerprint density at radius 1 is 1.38 bits per heavy atom. The first-order chi connectivity index (χ1) is 10.1. The summed E-state index contributed by atoms with van der Waals surface area (Å²) in [6, 6.07) is 6.71. The Bertz CT molecular complexity index is 505. The third kappa shape index (κ3) is 4.37. The molecule has 0 saturated carbocycles. The monoisotopic (exact) mass is 311 g/mol. The van der Waals surface area contributed by atoms with Crippen LogP contribution in [0.4, 0.5) is 0 Å². The van der Waals surface area contributed by atoms with Crippen molar-refractivity contribution in [2.24, 2.45) is 0 Å². The molecule has 1 aromatic rings. The predicted molar refractivity (Wildman–Crippen MR) is 78.3 cm³/mol. The van der Waals surface area contributed by atoms with Crippen molar-refractivity contribution < 1.29 is 24.2 Å². The molecule has 1 aromatic carbocycles. The second-order valence-corrected chi connectivity index (χ2v) is 5.57. The third-order valence-electron chi connectivity index (χ3n) is 2.93. The van der Waals surface area contributed by atoms with Gasteiger partial charge in [-0.05, 0) is 24.6 Å². The Morgan fingerprint density at radius 3 is 2.67 bits per heavy atom. The first-order valence-corrected chi connectivity index (χ1v) is 7.64. The van der Waals surface area contributed by atoms with Crippen LogP contribution in [0.1, 0.15) is 17.9 Å². The van der Waals surface area contributed by atoms with Crippen LogP contribution in [-0.4, -0.2) is 42.1 Å². The summed E-state index contributed by atoms with van der Waals surface area (Å²) in [6.45, 7) is 1.95. The van der Waals surface area contributed by atoms with Crippen LogP contribution in [0, 0.1) is 0 Å². The van der Waals surface area contributed by atoms with Gasteiger partial charge in [0.25, 0.3) is 0 Å². The van der Waals surface area contributed by atoms with Gasteiger partial charge in [-0.25, -0.2) is 4.79 Å². The summed E-state index contributed by atoms with van der Waals surface area (Å²) in [5, 5.41) is 12.0. The van der Waals surface area contributed by atoms with Gasteiger partial charge < -0.3 is 14.6 Å². The molecule has 0 aromatic heterocycles. The van der Waals surface area contributed by atoms with Crippen LogP contribution in [0.25, 0.3) is 0 Å². The molecule has 1 heterocycles. The first-order valence-electron chi connectivity index (χ1n) is 6.59. The van der Waals surface area contributed by atoms with Crippen LogP contribution in [0.5, 0.6) is 5.75 Å². The van der Waals surface area contributed by atoms with Crippen LogP contribution >= 0.6 is 11.8 Å². The molecular weight excluding hydrogens is 294 g/mol. The van der Waals surface area contributed by atoms with E-state index in [2.05, 4.69) is 5.32 Å². The molecule has 1 aliphatic heterocycles. The Hall–Kier alpha value is -1.73. The van der Waals surface area contributed by atoms with Crippen molar-refractivity contribution >= 4 is 23.7 Å². The van der Waals surface area contributed by atoms with Gasteiger partial charge in [0.15, 0.2) is 6.61 Å². The van der Waals surface area contributed by atoms with E-state index in [1.54, 1.807) is 30.8 Å². The quantitative estimate of drug-likeness (QED) is 0.768. The molecule has 21 heavy (non-hydrogen) atoms. The molecular formula is C14H17NO5S. The fourth-order valence-electron chi connectivity index (χ4n) is 1.89. The SMILES string of the molecule is CCOC(=O)COc1ccc(C2NC(C(=O)O)CS2)cc1. The smallest absolute Gasteiger partial charge is 0.344 e. The van der Waals surface area contributed by atoms with E-state index in [4.69, 9.17) is 14.6 Å². The van der Waals surface area contributed by atoms with Gasteiger partial charge in [0.2, 0.25) is 0 Å². The summed E-state index contributed by atoms with van der Waals surface area (Å²) in [7, 11) is 0. The molecule has 0 amide bonds. The highest BCUT2D eigenvalue weighted by Gasteiger charge is 2.30. The fourth-order valence-corrected chi connectivity index (χ4v) is 3.12. The number of carboxylic acids is 1. The highest BCUT2D eigenvalue weighted by atomic mass is 32.2. The van der Waals surface area contributed by atoms with Gasteiger partial charge >= 0.3 is 11.9 Å².